The van der Waals surface area contributed by atoms with Crippen LogP contribution in [0, 0.1) is 0 Å². The molecule has 0 fully saturated rings. The van der Waals surface area contributed by atoms with E-state index < -0.39 is 0 Å². The summed E-state index contributed by atoms with van der Waals surface area (Å²) in [5.74, 6) is 5.32. The summed E-state index contributed by atoms with van der Waals surface area (Å²) in [6.45, 7) is 0. The molecule has 6 heterocycles. The third-order valence-corrected chi connectivity index (χ3v) is 27.2. The molecule has 145 heavy (non-hydrogen) atoms. The molecule has 22 aromatic carbocycles. The Hall–Kier alpha value is -19.7. The number of furan rings is 3. The standard InChI is InChI=1S/C47H29N3O.2C43H27N3O/c1-2-12-30(13-3-1)33-15-10-16-35(28-33)46-48-45(49-47(50-46)41-22-11-21-40-39-20-8-9-23-43(39)51-44(40)41)32-26-24-31(25-27-32)42-29-34-14-4-5-17-36(34)37-18-6-7-19-38(37)42;1-2-12-28(13-3-1)30-16-8-18-32(26-30)41-44-42(33-19-9-17-31(27-33)35-22-10-15-29-14-4-5-20-34(29)35)46-43(45-41)38-24-11-23-37-36-21-6-7-25-39(36)47-40(37)38;1-2-10-28(11-3-1)33-14-8-15-35(27-33)42-44-41(31-23-20-30(21-24-31)34-25-22-29-12-4-5-13-32(29)26-34)45-43(46-42)38-18-9-17-37-36-16-6-7-19-39(36)47-40(37)38/h1-29H;2*1-27H. The zero-order valence-corrected chi connectivity index (χ0v) is 78.2. The topological polar surface area (TPSA) is 155 Å². The molecule has 0 bridgehead atoms. The maximum absolute atomic E-state index is 6.44. The molecule has 12 nitrogen and oxygen atoms in total. The van der Waals surface area contributed by atoms with Crippen LogP contribution in [0.2, 0.25) is 0 Å². The molecule has 0 spiro atoms. The molecule has 0 saturated heterocycles. The van der Waals surface area contributed by atoms with E-state index in [2.05, 4.69) is 394 Å². The van der Waals surface area contributed by atoms with Gasteiger partial charge < -0.3 is 13.3 Å². The SMILES string of the molecule is c1ccc(-c2cccc(-c3nc(-c4ccc(-c5cc6ccccc6c6ccccc56)cc4)nc(-c4cccc5c4oc4ccccc45)n3)c2)cc1.c1ccc(-c2cccc(-c3nc(-c4ccc(-c5ccc6ccccc6c5)cc4)nc(-c4cccc5c4oc4ccccc45)n3)c2)cc1.c1ccc(-c2cccc(-c3nc(-c4cccc(-c5cccc6ccccc56)c4)nc(-c4cccc5c4oc4ccccc45)n3)c2)cc1. The van der Waals surface area contributed by atoms with Gasteiger partial charge in [-0.25, -0.2) is 44.9 Å². The van der Waals surface area contributed by atoms with Gasteiger partial charge in [0, 0.05) is 65.7 Å². The van der Waals surface area contributed by atoms with Gasteiger partial charge >= 0.3 is 0 Å². The van der Waals surface area contributed by atoms with E-state index in [0.29, 0.717) is 52.4 Å². The van der Waals surface area contributed by atoms with Gasteiger partial charge in [0.25, 0.3) is 0 Å². The van der Waals surface area contributed by atoms with E-state index in [1.807, 2.05) is 109 Å². The van der Waals surface area contributed by atoms with E-state index in [0.717, 1.165) is 166 Å². The van der Waals surface area contributed by atoms with Crippen LogP contribution in [0.4, 0.5) is 0 Å². The fraction of sp³-hybridized carbons (Fsp3) is 0. The molecule has 28 aromatic rings. The van der Waals surface area contributed by atoms with Gasteiger partial charge in [-0.3, -0.25) is 0 Å². The van der Waals surface area contributed by atoms with E-state index in [9.17, 15) is 0 Å². The summed E-state index contributed by atoms with van der Waals surface area (Å²) in [5, 5.41) is 16.1. The van der Waals surface area contributed by atoms with Crippen LogP contribution in [-0.4, -0.2) is 44.9 Å². The Kier molecular flexibility index (Phi) is 22.0. The van der Waals surface area contributed by atoms with Gasteiger partial charge in [-0.15, -0.1) is 0 Å². The lowest BCUT2D eigenvalue weighted by atomic mass is 9.93. The molecule has 0 atom stereocenters. The Balaban J connectivity index is 0.000000111. The van der Waals surface area contributed by atoms with Gasteiger partial charge in [0.15, 0.2) is 52.4 Å². The van der Waals surface area contributed by atoms with Crippen molar-refractivity contribution in [2.45, 2.75) is 0 Å². The van der Waals surface area contributed by atoms with Crippen molar-refractivity contribution in [2.75, 3.05) is 0 Å². The Morgan fingerprint density at radius 2 is 0.372 bits per heavy atom. The van der Waals surface area contributed by atoms with Crippen molar-refractivity contribution in [3.63, 3.8) is 0 Å². The highest BCUT2D eigenvalue weighted by Gasteiger charge is 2.25. The normalized spacial score (nSPS) is 11.4. The van der Waals surface area contributed by atoms with Crippen molar-refractivity contribution in [2.24, 2.45) is 0 Å². The fourth-order valence-electron chi connectivity index (χ4n) is 20.0. The maximum Gasteiger partial charge on any atom is 0.167 e. The van der Waals surface area contributed by atoms with Crippen LogP contribution in [0.5, 0.6) is 0 Å². The fourth-order valence-corrected chi connectivity index (χ4v) is 20.0. The number of fused-ring (bicyclic) bond motifs is 14. The van der Waals surface area contributed by atoms with Gasteiger partial charge in [0.1, 0.15) is 33.5 Å². The quantitative estimate of drug-likeness (QED) is 0.0897. The summed E-state index contributed by atoms with van der Waals surface area (Å²) >= 11 is 0. The predicted octanol–water partition coefficient (Wildman–Crippen LogP) is 34.9. The first-order chi connectivity index (χ1) is 71.8. The average Bonchev–Trinajstić information content (AvgIpc) is 1.38. The zero-order valence-electron chi connectivity index (χ0n) is 78.2. The number of benzene rings is 22. The van der Waals surface area contributed by atoms with Crippen LogP contribution in [0.1, 0.15) is 0 Å². The van der Waals surface area contributed by atoms with Crippen molar-refractivity contribution < 1.29 is 13.3 Å². The van der Waals surface area contributed by atoms with Gasteiger partial charge in [0.05, 0.1) is 16.7 Å². The highest BCUT2D eigenvalue weighted by atomic mass is 16.3. The Morgan fingerprint density at radius 3 is 0.814 bits per heavy atom. The van der Waals surface area contributed by atoms with Crippen molar-refractivity contribution >= 4 is 109 Å². The molecule has 0 N–H and O–H groups in total. The van der Waals surface area contributed by atoms with Crippen LogP contribution in [0.15, 0.2) is 517 Å². The predicted molar refractivity (Wildman–Crippen MR) is 593 cm³/mol. The Morgan fingerprint density at radius 1 is 0.110 bits per heavy atom. The molecular formula is C133H83N9O3. The second kappa shape index (κ2) is 37.2. The molecular weight excluding hydrogens is 1770 g/mol. The number of hydrogen-bond acceptors (Lipinski definition) is 12. The number of para-hydroxylation sites is 6. The lowest BCUT2D eigenvalue weighted by molar-refractivity contribution is 0.669. The molecule has 0 radical (unpaired) electrons. The van der Waals surface area contributed by atoms with Gasteiger partial charge in [0.2, 0.25) is 0 Å². The first-order valence-electron chi connectivity index (χ1n) is 48.5. The number of aromatic nitrogens is 9. The van der Waals surface area contributed by atoms with Gasteiger partial charge in [-0.05, 0) is 183 Å². The highest BCUT2D eigenvalue weighted by molar-refractivity contribution is 6.15. The lowest BCUT2D eigenvalue weighted by Gasteiger charge is -2.12. The number of hydrogen-bond donors (Lipinski definition) is 0. The Bertz CT molecular complexity index is 9850. The molecule has 12 heteroatoms. The highest BCUT2D eigenvalue weighted by Crippen LogP contribution is 2.45. The molecule has 678 valence electrons. The van der Waals surface area contributed by atoms with Crippen LogP contribution in [-0.2, 0) is 0 Å². The van der Waals surface area contributed by atoms with Gasteiger partial charge in [-0.1, -0.05) is 431 Å². The molecule has 0 saturated carbocycles. The first kappa shape index (κ1) is 85.7. The number of rotatable bonds is 15. The summed E-state index contributed by atoms with van der Waals surface area (Å²) < 4.78 is 19.3. The van der Waals surface area contributed by atoms with Gasteiger partial charge in [-0.2, -0.15) is 0 Å². The van der Waals surface area contributed by atoms with E-state index in [1.165, 1.54) is 59.8 Å². The lowest BCUT2D eigenvalue weighted by Crippen LogP contribution is -2.00. The summed E-state index contributed by atoms with van der Waals surface area (Å²) in [7, 11) is 0. The monoisotopic (exact) mass is 1850 g/mol. The maximum atomic E-state index is 6.44. The smallest absolute Gasteiger partial charge is 0.167 e. The van der Waals surface area contributed by atoms with E-state index in [1.54, 1.807) is 0 Å². The van der Waals surface area contributed by atoms with Crippen molar-refractivity contribution in [1.29, 1.82) is 0 Å². The second-order valence-corrected chi connectivity index (χ2v) is 36.1. The average molecular weight is 1860 g/mol. The van der Waals surface area contributed by atoms with Crippen LogP contribution < -0.4 is 0 Å². The van der Waals surface area contributed by atoms with Crippen molar-refractivity contribution in [3.05, 3.63) is 504 Å². The first-order valence-corrected chi connectivity index (χ1v) is 48.5. The minimum Gasteiger partial charge on any atom is -0.455 e. The molecule has 0 aliphatic carbocycles. The second-order valence-electron chi connectivity index (χ2n) is 36.1. The summed E-state index contributed by atoms with van der Waals surface area (Å²) in [5.41, 5.74) is 26.4. The zero-order chi connectivity index (χ0) is 96.0. The number of nitrogens with zero attached hydrogens (tertiary/aromatic N) is 9. The summed E-state index contributed by atoms with van der Waals surface area (Å²) in [6.07, 6.45) is 0. The third kappa shape index (κ3) is 16.6. The minimum absolute atomic E-state index is 0.564. The molecule has 28 rings (SSSR count). The van der Waals surface area contributed by atoms with E-state index in [-0.39, 0.29) is 0 Å². The van der Waals surface area contributed by atoms with Crippen LogP contribution in [0.25, 0.3) is 278 Å². The van der Waals surface area contributed by atoms with E-state index in [4.69, 9.17) is 58.1 Å². The van der Waals surface area contributed by atoms with Crippen LogP contribution in [0.3, 0.4) is 0 Å². The van der Waals surface area contributed by atoms with Crippen molar-refractivity contribution in [1.82, 2.24) is 44.9 Å². The molecule has 0 unspecified atom stereocenters. The third-order valence-electron chi connectivity index (χ3n) is 27.2. The summed E-state index contributed by atoms with van der Waals surface area (Å²) in [4.78, 5) is 45.8. The molecule has 6 aromatic heterocycles. The minimum atomic E-state index is 0.564. The van der Waals surface area contributed by atoms with Crippen LogP contribution >= 0.6 is 0 Å². The molecule has 0 aliphatic rings. The van der Waals surface area contributed by atoms with E-state index >= 15 is 0 Å². The Labute approximate surface area is 834 Å². The summed E-state index contributed by atoms with van der Waals surface area (Å²) in [6, 6.07) is 174. The van der Waals surface area contributed by atoms with Crippen molar-refractivity contribution in [3.8, 4) is 169 Å². The molecule has 0 aliphatic heterocycles. The largest absolute Gasteiger partial charge is 0.455 e. The molecule has 0 amide bonds.